The van der Waals surface area contributed by atoms with Crippen LogP contribution in [0.5, 0.6) is 0 Å². The lowest BCUT2D eigenvalue weighted by molar-refractivity contribution is 0.0600. The van der Waals surface area contributed by atoms with Gasteiger partial charge in [0.2, 0.25) is 0 Å². The molecule has 0 saturated carbocycles. The number of rotatable bonds is 4. The third kappa shape index (κ3) is 4.00. The zero-order chi connectivity index (χ0) is 12.0. The molecule has 1 heterocycles. The van der Waals surface area contributed by atoms with Gasteiger partial charge >= 0.3 is 6.09 Å². The van der Waals surface area contributed by atoms with Crippen molar-refractivity contribution in [2.24, 2.45) is 11.8 Å². The molecular formula is C12H23NO3. The molecule has 0 radical (unpaired) electrons. The van der Waals surface area contributed by atoms with Crippen LogP contribution in [0.25, 0.3) is 0 Å². The van der Waals surface area contributed by atoms with E-state index >= 15 is 0 Å². The maximum absolute atomic E-state index is 11.6. The lowest BCUT2D eigenvalue weighted by Gasteiger charge is -2.33. The van der Waals surface area contributed by atoms with E-state index in [0.29, 0.717) is 19.1 Å². The minimum absolute atomic E-state index is 0.195. The van der Waals surface area contributed by atoms with Gasteiger partial charge in [0, 0.05) is 20.2 Å². The summed E-state index contributed by atoms with van der Waals surface area (Å²) < 4.78 is 9.91. The topological polar surface area (TPSA) is 38.8 Å². The molecule has 1 aliphatic rings. The molecule has 0 N–H and O–H groups in total. The van der Waals surface area contributed by atoms with Crippen LogP contribution in [0.15, 0.2) is 0 Å². The van der Waals surface area contributed by atoms with Gasteiger partial charge in [-0.2, -0.15) is 0 Å². The Bertz CT molecular complexity index is 210. The molecule has 4 nitrogen and oxygen atoms in total. The first-order valence-corrected chi connectivity index (χ1v) is 6.05. The Balaban J connectivity index is 2.22. The van der Waals surface area contributed by atoms with Gasteiger partial charge in [-0.1, -0.05) is 13.8 Å². The third-order valence-electron chi connectivity index (χ3n) is 3.25. The van der Waals surface area contributed by atoms with E-state index < -0.39 is 0 Å². The summed E-state index contributed by atoms with van der Waals surface area (Å²) in [5.74, 6) is 1.47. The van der Waals surface area contributed by atoms with Crippen LogP contribution in [-0.4, -0.2) is 44.4 Å². The van der Waals surface area contributed by atoms with E-state index in [1.165, 1.54) is 0 Å². The summed E-state index contributed by atoms with van der Waals surface area (Å²) >= 11 is 0. The first kappa shape index (κ1) is 13.3. The number of carbonyl (C=O) groups excluding carboxylic acids is 1. The number of hydrogen-bond donors (Lipinski definition) is 0. The van der Waals surface area contributed by atoms with Gasteiger partial charge < -0.3 is 14.4 Å². The van der Waals surface area contributed by atoms with Crippen molar-refractivity contribution < 1.29 is 14.3 Å². The maximum atomic E-state index is 11.6. The van der Waals surface area contributed by atoms with E-state index in [2.05, 4.69) is 13.8 Å². The summed E-state index contributed by atoms with van der Waals surface area (Å²) in [6.07, 6.45) is 1.99. The van der Waals surface area contributed by atoms with Gasteiger partial charge in [-0.05, 0) is 24.7 Å². The van der Waals surface area contributed by atoms with Crippen molar-refractivity contribution in [2.75, 3.05) is 33.4 Å². The van der Waals surface area contributed by atoms with Crippen LogP contribution in [0.4, 0.5) is 4.79 Å². The summed E-state index contributed by atoms with van der Waals surface area (Å²) in [7, 11) is 1.60. The van der Waals surface area contributed by atoms with Crippen LogP contribution >= 0.6 is 0 Å². The first-order valence-electron chi connectivity index (χ1n) is 6.05. The number of ether oxygens (including phenoxy) is 2. The lowest BCUT2D eigenvalue weighted by atomic mass is 9.87. The second-order valence-electron chi connectivity index (χ2n) is 4.68. The van der Waals surface area contributed by atoms with E-state index in [1.807, 2.05) is 0 Å². The standard InChI is InChI=1S/C12H23NO3/c1-10(2)11-4-6-13(7-5-11)12(14)16-9-8-15-3/h10-11H,4-9H2,1-3H3. The van der Waals surface area contributed by atoms with Crippen LogP contribution in [0.1, 0.15) is 26.7 Å². The predicted molar refractivity (Wildman–Crippen MR) is 62.4 cm³/mol. The van der Waals surface area contributed by atoms with Crippen molar-refractivity contribution in [3.05, 3.63) is 0 Å². The van der Waals surface area contributed by atoms with Crippen LogP contribution in [0.3, 0.4) is 0 Å². The second-order valence-corrected chi connectivity index (χ2v) is 4.68. The van der Waals surface area contributed by atoms with Crippen molar-refractivity contribution in [3.8, 4) is 0 Å². The molecule has 1 rings (SSSR count). The number of hydrogen-bond acceptors (Lipinski definition) is 3. The van der Waals surface area contributed by atoms with Crippen LogP contribution in [-0.2, 0) is 9.47 Å². The molecule has 1 saturated heterocycles. The molecule has 0 atom stereocenters. The van der Waals surface area contributed by atoms with E-state index in [4.69, 9.17) is 9.47 Å². The SMILES string of the molecule is COCCOC(=O)N1CCC(C(C)C)CC1. The van der Waals surface area contributed by atoms with E-state index in [1.54, 1.807) is 12.0 Å². The Morgan fingerprint density at radius 1 is 1.31 bits per heavy atom. The van der Waals surface area contributed by atoms with Gasteiger partial charge in [0.15, 0.2) is 0 Å². The molecule has 16 heavy (non-hydrogen) atoms. The molecular weight excluding hydrogens is 206 g/mol. The van der Waals surface area contributed by atoms with Crippen molar-refractivity contribution in [3.63, 3.8) is 0 Å². The summed E-state index contributed by atoms with van der Waals surface area (Å²) in [4.78, 5) is 13.4. The molecule has 1 aliphatic heterocycles. The first-order chi connectivity index (χ1) is 7.65. The highest BCUT2D eigenvalue weighted by molar-refractivity contribution is 5.67. The Kier molecular flexibility index (Phi) is 5.60. The van der Waals surface area contributed by atoms with Crippen LogP contribution in [0.2, 0.25) is 0 Å². The highest BCUT2D eigenvalue weighted by atomic mass is 16.6. The van der Waals surface area contributed by atoms with E-state index in [0.717, 1.165) is 31.8 Å². The number of piperidine rings is 1. The molecule has 0 aliphatic carbocycles. The van der Waals surface area contributed by atoms with Crippen molar-refractivity contribution >= 4 is 6.09 Å². The minimum atomic E-state index is -0.195. The van der Waals surface area contributed by atoms with E-state index in [-0.39, 0.29) is 6.09 Å². The summed E-state index contributed by atoms with van der Waals surface area (Å²) in [6.45, 7) is 6.96. The molecule has 1 fully saturated rings. The minimum Gasteiger partial charge on any atom is -0.447 e. The van der Waals surface area contributed by atoms with Gasteiger partial charge in [0.05, 0.1) is 6.61 Å². The smallest absolute Gasteiger partial charge is 0.409 e. The average Bonchev–Trinajstić information content (AvgIpc) is 2.29. The molecule has 0 aromatic heterocycles. The number of carbonyl (C=O) groups is 1. The Labute approximate surface area is 97.9 Å². The summed E-state index contributed by atoms with van der Waals surface area (Å²) in [6, 6.07) is 0. The summed E-state index contributed by atoms with van der Waals surface area (Å²) in [5.41, 5.74) is 0. The van der Waals surface area contributed by atoms with Crippen molar-refractivity contribution in [2.45, 2.75) is 26.7 Å². The average molecular weight is 229 g/mol. The zero-order valence-electron chi connectivity index (χ0n) is 10.6. The molecule has 0 unspecified atom stereocenters. The van der Waals surface area contributed by atoms with Crippen molar-refractivity contribution in [1.82, 2.24) is 4.90 Å². The Hall–Kier alpha value is -0.770. The normalized spacial score (nSPS) is 17.9. The predicted octanol–water partition coefficient (Wildman–Crippen LogP) is 2.14. The van der Waals surface area contributed by atoms with E-state index in [9.17, 15) is 4.79 Å². The fourth-order valence-corrected chi connectivity index (χ4v) is 2.05. The van der Waals surface area contributed by atoms with Gasteiger partial charge in [-0.3, -0.25) is 0 Å². The Morgan fingerprint density at radius 3 is 2.44 bits per heavy atom. The molecule has 0 aromatic rings. The third-order valence-corrected chi connectivity index (χ3v) is 3.25. The van der Waals surface area contributed by atoms with Gasteiger partial charge in [0.25, 0.3) is 0 Å². The number of likely N-dealkylation sites (tertiary alicyclic amines) is 1. The van der Waals surface area contributed by atoms with Gasteiger partial charge in [-0.15, -0.1) is 0 Å². The van der Waals surface area contributed by atoms with Crippen LogP contribution in [0, 0.1) is 11.8 Å². The second kappa shape index (κ2) is 6.74. The Morgan fingerprint density at radius 2 is 1.94 bits per heavy atom. The van der Waals surface area contributed by atoms with Crippen LogP contribution < -0.4 is 0 Å². The highest BCUT2D eigenvalue weighted by Gasteiger charge is 2.25. The quantitative estimate of drug-likeness (QED) is 0.693. The fourth-order valence-electron chi connectivity index (χ4n) is 2.05. The highest BCUT2D eigenvalue weighted by Crippen LogP contribution is 2.24. The molecule has 94 valence electrons. The number of methoxy groups -OCH3 is 1. The van der Waals surface area contributed by atoms with Crippen molar-refractivity contribution in [1.29, 1.82) is 0 Å². The summed E-state index contributed by atoms with van der Waals surface area (Å²) in [5, 5.41) is 0. The zero-order valence-corrected chi connectivity index (χ0v) is 10.6. The molecule has 0 bridgehead atoms. The monoisotopic (exact) mass is 229 g/mol. The maximum Gasteiger partial charge on any atom is 0.409 e. The molecule has 0 spiro atoms. The molecule has 0 aromatic carbocycles. The molecule has 1 amide bonds. The number of amides is 1. The molecule has 4 heteroatoms. The van der Waals surface area contributed by atoms with Gasteiger partial charge in [0.1, 0.15) is 6.61 Å². The number of nitrogens with zero attached hydrogens (tertiary/aromatic N) is 1. The lowest BCUT2D eigenvalue weighted by Crippen LogP contribution is -2.40. The fraction of sp³-hybridized carbons (Fsp3) is 0.917. The largest absolute Gasteiger partial charge is 0.447 e. The van der Waals surface area contributed by atoms with Gasteiger partial charge in [-0.25, -0.2) is 4.79 Å².